The van der Waals surface area contributed by atoms with E-state index >= 15 is 0 Å². The lowest BCUT2D eigenvalue weighted by Gasteiger charge is -2.25. The Kier molecular flexibility index (Phi) is 2.76. The van der Waals surface area contributed by atoms with E-state index in [0.29, 0.717) is 17.8 Å². The van der Waals surface area contributed by atoms with Crippen LogP contribution in [0.2, 0.25) is 0 Å². The molecule has 0 amide bonds. The van der Waals surface area contributed by atoms with Crippen molar-refractivity contribution in [3.8, 4) is 0 Å². The third-order valence-corrected chi connectivity index (χ3v) is 2.34. The molecule has 2 rings (SSSR count). The van der Waals surface area contributed by atoms with Crippen LogP contribution in [-0.4, -0.2) is 24.4 Å². The summed E-state index contributed by atoms with van der Waals surface area (Å²) in [7, 11) is 0. The standard InChI is InChI=1S/C11H11FN2O/c12-10-2-1-5-14(7-10)11-4-3-9(8-15)6-13-11/h2-4,6,8H,1,5,7H2. The molecular weight excluding hydrogens is 195 g/mol. The number of pyridine rings is 1. The molecule has 4 heteroatoms. The summed E-state index contributed by atoms with van der Waals surface area (Å²) in [6.07, 6.45) is 4.53. The number of halogens is 1. The van der Waals surface area contributed by atoms with Gasteiger partial charge in [-0.25, -0.2) is 9.37 Å². The van der Waals surface area contributed by atoms with Crippen LogP contribution in [0.4, 0.5) is 10.2 Å². The largest absolute Gasteiger partial charge is 0.350 e. The summed E-state index contributed by atoms with van der Waals surface area (Å²) in [5.41, 5.74) is 0.534. The quantitative estimate of drug-likeness (QED) is 0.693. The zero-order valence-corrected chi connectivity index (χ0v) is 8.19. The summed E-state index contributed by atoms with van der Waals surface area (Å²) in [5, 5.41) is 0. The van der Waals surface area contributed by atoms with Crippen LogP contribution in [0.1, 0.15) is 16.8 Å². The number of rotatable bonds is 2. The molecule has 0 saturated heterocycles. The molecule has 3 nitrogen and oxygen atoms in total. The van der Waals surface area contributed by atoms with Crippen molar-refractivity contribution in [1.82, 2.24) is 4.98 Å². The van der Waals surface area contributed by atoms with Crippen LogP contribution >= 0.6 is 0 Å². The number of hydrogen-bond donors (Lipinski definition) is 0. The molecular formula is C11H11FN2O. The predicted octanol–water partition coefficient (Wildman–Crippen LogP) is 1.96. The zero-order chi connectivity index (χ0) is 10.7. The number of carbonyl (C=O) groups is 1. The van der Waals surface area contributed by atoms with Gasteiger partial charge in [-0.15, -0.1) is 0 Å². The van der Waals surface area contributed by atoms with E-state index in [2.05, 4.69) is 4.98 Å². The first kappa shape index (κ1) is 9.83. The molecule has 0 aromatic carbocycles. The number of nitrogens with zero attached hydrogens (tertiary/aromatic N) is 2. The van der Waals surface area contributed by atoms with Gasteiger partial charge in [0.15, 0.2) is 6.29 Å². The van der Waals surface area contributed by atoms with Gasteiger partial charge in [-0.2, -0.15) is 0 Å². The molecule has 78 valence electrons. The van der Waals surface area contributed by atoms with Crippen LogP contribution in [0, 0.1) is 0 Å². The molecule has 1 aromatic heterocycles. The minimum Gasteiger partial charge on any atom is -0.350 e. The van der Waals surface area contributed by atoms with Crippen molar-refractivity contribution in [3.63, 3.8) is 0 Å². The summed E-state index contributed by atoms with van der Waals surface area (Å²) in [6.45, 7) is 1.04. The van der Waals surface area contributed by atoms with E-state index in [9.17, 15) is 9.18 Å². The summed E-state index contributed by atoms with van der Waals surface area (Å²) in [4.78, 5) is 16.4. The van der Waals surface area contributed by atoms with Crippen molar-refractivity contribution in [2.24, 2.45) is 0 Å². The monoisotopic (exact) mass is 206 g/mol. The number of carbonyl (C=O) groups excluding carboxylic acids is 1. The van der Waals surface area contributed by atoms with Crippen molar-refractivity contribution >= 4 is 12.1 Å². The van der Waals surface area contributed by atoms with Crippen molar-refractivity contribution < 1.29 is 9.18 Å². The van der Waals surface area contributed by atoms with Gasteiger partial charge in [0, 0.05) is 18.3 Å². The fraction of sp³-hybridized carbons (Fsp3) is 0.273. The SMILES string of the molecule is O=Cc1ccc(N2CCC=C(F)C2)nc1. The van der Waals surface area contributed by atoms with E-state index in [1.54, 1.807) is 18.2 Å². The highest BCUT2D eigenvalue weighted by molar-refractivity contribution is 5.74. The Labute approximate surface area is 87.2 Å². The summed E-state index contributed by atoms with van der Waals surface area (Å²) < 4.78 is 13.0. The second-order valence-electron chi connectivity index (χ2n) is 3.43. The Bertz CT molecular complexity index is 386. The first-order valence-electron chi connectivity index (χ1n) is 4.80. The van der Waals surface area contributed by atoms with Crippen LogP contribution in [-0.2, 0) is 0 Å². The van der Waals surface area contributed by atoms with E-state index in [-0.39, 0.29) is 12.4 Å². The van der Waals surface area contributed by atoms with E-state index in [1.807, 2.05) is 4.90 Å². The van der Waals surface area contributed by atoms with Crippen LogP contribution in [0.25, 0.3) is 0 Å². The van der Waals surface area contributed by atoms with Gasteiger partial charge < -0.3 is 4.90 Å². The summed E-state index contributed by atoms with van der Waals surface area (Å²) in [5.74, 6) is 0.589. The normalized spacial score (nSPS) is 16.1. The van der Waals surface area contributed by atoms with Crippen molar-refractivity contribution in [2.75, 3.05) is 18.0 Å². The number of aromatic nitrogens is 1. The lowest BCUT2D eigenvalue weighted by atomic mass is 10.2. The average molecular weight is 206 g/mol. The molecule has 0 bridgehead atoms. The first-order valence-corrected chi connectivity index (χ1v) is 4.80. The average Bonchev–Trinajstić information content (AvgIpc) is 2.29. The van der Waals surface area contributed by atoms with Crippen LogP contribution in [0.15, 0.2) is 30.2 Å². The van der Waals surface area contributed by atoms with Crippen LogP contribution < -0.4 is 4.90 Å². The molecule has 0 aliphatic carbocycles. The Hall–Kier alpha value is -1.71. The fourth-order valence-electron chi connectivity index (χ4n) is 1.55. The van der Waals surface area contributed by atoms with Crippen molar-refractivity contribution in [3.05, 3.63) is 35.8 Å². The highest BCUT2D eigenvalue weighted by Gasteiger charge is 2.13. The highest BCUT2D eigenvalue weighted by atomic mass is 19.1. The Balaban J connectivity index is 2.15. The third-order valence-electron chi connectivity index (χ3n) is 2.34. The molecule has 15 heavy (non-hydrogen) atoms. The summed E-state index contributed by atoms with van der Waals surface area (Å²) in [6, 6.07) is 3.42. The minimum atomic E-state index is -0.123. The Morgan fingerprint density at radius 3 is 2.93 bits per heavy atom. The zero-order valence-electron chi connectivity index (χ0n) is 8.19. The van der Waals surface area contributed by atoms with Gasteiger partial charge in [-0.05, 0) is 24.6 Å². The van der Waals surface area contributed by atoms with Gasteiger partial charge in [0.1, 0.15) is 11.6 Å². The second-order valence-corrected chi connectivity index (χ2v) is 3.43. The van der Waals surface area contributed by atoms with Crippen LogP contribution in [0.5, 0.6) is 0 Å². The molecule has 2 heterocycles. The fourth-order valence-corrected chi connectivity index (χ4v) is 1.55. The second kappa shape index (κ2) is 4.21. The Morgan fingerprint density at radius 2 is 2.33 bits per heavy atom. The van der Waals surface area contributed by atoms with Crippen LogP contribution in [0.3, 0.4) is 0 Å². The molecule has 0 atom stereocenters. The van der Waals surface area contributed by atoms with Gasteiger partial charge in [-0.1, -0.05) is 0 Å². The number of aldehydes is 1. The maximum absolute atomic E-state index is 13.0. The molecule has 0 N–H and O–H groups in total. The third kappa shape index (κ3) is 2.21. The molecule has 0 radical (unpaired) electrons. The molecule has 0 spiro atoms. The van der Waals surface area contributed by atoms with Gasteiger partial charge in [-0.3, -0.25) is 4.79 Å². The van der Waals surface area contributed by atoms with E-state index in [1.165, 1.54) is 6.20 Å². The van der Waals surface area contributed by atoms with Crippen molar-refractivity contribution in [1.29, 1.82) is 0 Å². The molecule has 1 aliphatic heterocycles. The lowest BCUT2D eigenvalue weighted by molar-refractivity contribution is 0.112. The first-order chi connectivity index (χ1) is 7.29. The maximum atomic E-state index is 13.0. The molecule has 0 saturated carbocycles. The number of hydrogen-bond acceptors (Lipinski definition) is 3. The van der Waals surface area contributed by atoms with E-state index < -0.39 is 0 Å². The topological polar surface area (TPSA) is 33.2 Å². The molecule has 1 aliphatic rings. The van der Waals surface area contributed by atoms with Crippen molar-refractivity contribution in [2.45, 2.75) is 6.42 Å². The van der Waals surface area contributed by atoms with E-state index in [0.717, 1.165) is 12.8 Å². The molecule has 0 fully saturated rings. The number of anilines is 1. The molecule has 0 unspecified atom stereocenters. The molecule has 1 aromatic rings. The minimum absolute atomic E-state index is 0.123. The van der Waals surface area contributed by atoms with E-state index in [4.69, 9.17) is 0 Å². The Morgan fingerprint density at radius 1 is 1.47 bits per heavy atom. The smallest absolute Gasteiger partial charge is 0.151 e. The summed E-state index contributed by atoms with van der Waals surface area (Å²) >= 11 is 0. The highest BCUT2D eigenvalue weighted by Crippen LogP contribution is 2.17. The van der Waals surface area contributed by atoms with Gasteiger partial charge in [0.25, 0.3) is 0 Å². The lowest BCUT2D eigenvalue weighted by Crippen LogP contribution is -2.29. The van der Waals surface area contributed by atoms with Gasteiger partial charge in [0.05, 0.1) is 6.54 Å². The predicted molar refractivity (Wildman–Crippen MR) is 55.6 cm³/mol. The maximum Gasteiger partial charge on any atom is 0.151 e. The van der Waals surface area contributed by atoms with Gasteiger partial charge in [0.2, 0.25) is 0 Å². The van der Waals surface area contributed by atoms with Gasteiger partial charge >= 0.3 is 0 Å².